The second kappa shape index (κ2) is 9.70. The van der Waals surface area contributed by atoms with E-state index in [9.17, 15) is 4.79 Å². The Balaban J connectivity index is 1.39. The van der Waals surface area contributed by atoms with Crippen molar-refractivity contribution < 1.29 is 9.53 Å². The summed E-state index contributed by atoms with van der Waals surface area (Å²) in [5.74, 6) is 1.14. The van der Waals surface area contributed by atoms with E-state index in [4.69, 9.17) is 4.74 Å². The molecule has 2 heterocycles. The summed E-state index contributed by atoms with van der Waals surface area (Å²) in [6, 6.07) is 5.55. The minimum atomic E-state index is -0.0278. The van der Waals surface area contributed by atoms with Crippen LogP contribution in [-0.4, -0.2) is 33.5 Å². The van der Waals surface area contributed by atoms with E-state index in [-0.39, 0.29) is 12.0 Å². The van der Waals surface area contributed by atoms with Gasteiger partial charge >= 0.3 is 0 Å². The number of aromatic nitrogens is 3. The lowest BCUT2D eigenvalue weighted by atomic mass is 9.98. The van der Waals surface area contributed by atoms with Gasteiger partial charge < -0.3 is 15.4 Å². The maximum atomic E-state index is 12.0. The van der Waals surface area contributed by atoms with Gasteiger partial charge in [-0.2, -0.15) is 0 Å². The predicted molar refractivity (Wildman–Crippen MR) is 98.7 cm³/mol. The smallest absolute Gasteiger partial charge is 0.222 e. The number of carbonyl (C=O) groups is 1. The van der Waals surface area contributed by atoms with E-state index >= 15 is 0 Å². The Labute approximate surface area is 153 Å². The molecule has 1 fully saturated rings. The van der Waals surface area contributed by atoms with Gasteiger partial charge in [0.05, 0.1) is 0 Å². The number of nitrogens with one attached hydrogen (secondary N) is 2. The Bertz CT molecular complexity index is 689. The van der Waals surface area contributed by atoms with Crippen molar-refractivity contribution in [3.8, 4) is 5.88 Å². The van der Waals surface area contributed by atoms with E-state index in [0.29, 0.717) is 31.3 Å². The second-order valence-electron chi connectivity index (χ2n) is 6.41. The molecule has 7 heteroatoms. The highest BCUT2D eigenvalue weighted by molar-refractivity contribution is 5.76. The lowest BCUT2D eigenvalue weighted by Crippen LogP contribution is -2.25. The van der Waals surface area contributed by atoms with Crippen LogP contribution in [0.1, 0.15) is 44.1 Å². The number of rotatable bonds is 8. The minimum absolute atomic E-state index is 0.0278. The quantitative estimate of drug-likeness (QED) is 0.757. The normalized spacial score (nSPS) is 14.6. The molecule has 2 aromatic heterocycles. The van der Waals surface area contributed by atoms with E-state index in [1.54, 1.807) is 24.7 Å². The molecule has 2 aromatic rings. The highest BCUT2D eigenvalue weighted by atomic mass is 16.5. The van der Waals surface area contributed by atoms with Crippen molar-refractivity contribution in [2.45, 2.75) is 51.2 Å². The molecule has 1 saturated carbocycles. The maximum Gasteiger partial charge on any atom is 0.222 e. The fourth-order valence-electron chi connectivity index (χ4n) is 2.95. The predicted octanol–water partition coefficient (Wildman–Crippen LogP) is 2.70. The van der Waals surface area contributed by atoms with Crippen molar-refractivity contribution in [2.75, 3.05) is 11.9 Å². The van der Waals surface area contributed by atoms with Crippen LogP contribution in [0.2, 0.25) is 0 Å². The van der Waals surface area contributed by atoms with Gasteiger partial charge in [0.2, 0.25) is 17.7 Å². The summed E-state index contributed by atoms with van der Waals surface area (Å²) < 4.78 is 5.97. The molecule has 26 heavy (non-hydrogen) atoms. The number of anilines is 1. The summed E-state index contributed by atoms with van der Waals surface area (Å²) in [7, 11) is 0. The molecule has 0 saturated heterocycles. The Morgan fingerprint density at radius 2 is 1.92 bits per heavy atom. The second-order valence-corrected chi connectivity index (χ2v) is 6.41. The summed E-state index contributed by atoms with van der Waals surface area (Å²) >= 11 is 0. The molecule has 0 atom stereocenters. The van der Waals surface area contributed by atoms with Gasteiger partial charge in [0.15, 0.2) is 0 Å². The molecule has 138 valence electrons. The van der Waals surface area contributed by atoms with E-state index < -0.39 is 0 Å². The van der Waals surface area contributed by atoms with Gasteiger partial charge in [-0.15, -0.1) is 0 Å². The fourth-order valence-corrected chi connectivity index (χ4v) is 2.95. The Kier molecular flexibility index (Phi) is 6.75. The Hall–Kier alpha value is -2.70. The van der Waals surface area contributed by atoms with Crippen LogP contribution in [0, 0.1) is 0 Å². The lowest BCUT2D eigenvalue weighted by Gasteiger charge is -2.22. The van der Waals surface area contributed by atoms with Crippen molar-refractivity contribution in [1.29, 1.82) is 0 Å². The lowest BCUT2D eigenvalue weighted by molar-refractivity contribution is -0.121. The standard InChI is InChI=1S/C19H25N5O2/c25-17(8-12-23-19-21-9-4-10-22-19)24-14-15-7-11-20-18(13-15)26-16-5-2-1-3-6-16/h4,7,9-11,13,16H,1-3,5-6,8,12,14H2,(H,24,25)(H,21,22,23). The summed E-state index contributed by atoms with van der Waals surface area (Å²) in [4.78, 5) is 24.4. The molecule has 0 radical (unpaired) electrons. The van der Waals surface area contributed by atoms with Crippen LogP contribution in [0.4, 0.5) is 5.95 Å². The summed E-state index contributed by atoms with van der Waals surface area (Å²) in [5.41, 5.74) is 0.985. The number of hydrogen-bond donors (Lipinski definition) is 2. The summed E-state index contributed by atoms with van der Waals surface area (Å²) in [5, 5.41) is 5.93. The van der Waals surface area contributed by atoms with Crippen LogP contribution in [0.25, 0.3) is 0 Å². The first-order valence-corrected chi connectivity index (χ1v) is 9.19. The topological polar surface area (TPSA) is 89.0 Å². The number of hydrogen-bond acceptors (Lipinski definition) is 6. The van der Waals surface area contributed by atoms with Crippen LogP contribution in [0.3, 0.4) is 0 Å². The molecule has 3 rings (SSSR count). The molecule has 0 bridgehead atoms. The first-order chi connectivity index (χ1) is 12.8. The number of carbonyl (C=O) groups excluding carboxylic acids is 1. The molecule has 1 aliphatic rings. The van der Waals surface area contributed by atoms with E-state index in [1.165, 1.54) is 19.3 Å². The van der Waals surface area contributed by atoms with Crippen molar-refractivity contribution in [2.24, 2.45) is 0 Å². The first kappa shape index (κ1) is 18.1. The number of ether oxygens (including phenoxy) is 1. The monoisotopic (exact) mass is 355 g/mol. The van der Waals surface area contributed by atoms with Crippen molar-refractivity contribution in [1.82, 2.24) is 20.3 Å². The van der Waals surface area contributed by atoms with E-state index in [2.05, 4.69) is 25.6 Å². The highest BCUT2D eigenvalue weighted by Crippen LogP contribution is 2.22. The average molecular weight is 355 g/mol. The Morgan fingerprint density at radius 1 is 1.12 bits per heavy atom. The number of pyridine rings is 1. The zero-order valence-electron chi connectivity index (χ0n) is 14.9. The van der Waals surface area contributed by atoms with Gasteiger partial charge in [0.1, 0.15) is 6.10 Å². The molecule has 0 spiro atoms. The van der Waals surface area contributed by atoms with E-state index in [1.807, 2.05) is 12.1 Å². The van der Waals surface area contributed by atoms with Gasteiger partial charge in [0.25, 0.3) is 0 Å². The molecule has 1 aliphatic carbocycles. The molecule has 0 aliphatic heterocycles. The van der Waals surface area contributed by atoms with Crippen LogP contribution in [0.15, 0.2) is 36.8 Å². The SMILES string of the molecule is O=C(CCNc1ncccn1)NCc1ccnc(OC2CCCCC2)c1. The van der Waals surface area contributed by atoms with Crippen molar-refractivity contribution >= 4 is 11.9 Å². The third-order valence-electron chi connectivity index (χ3n) is 4.33. The summed E-state index contributed by atoms with van der Waals surface area (Å²) in [6.45, 7) is 0.951. The molecular weight excluding hydrogens is 330 g/mol. The van der Waals surface area contributed by atoms with Crippen LogP contribution >= 0.6 is 0 Å². The summed E-state index contributed by atoms with van der Waals surface area (Å²) in [6.07, 6.45) is 11.6. The molecule has 1 amide bonds. The van der Waals surface area contributed by atoms with Gasteiger partial charge in [-0.05, 0) is 43.4 Å². The third kappa shape index (κ3) is 5.98. The maximum absolute atomic E-state index is 12.0. The fraction of sp³-hybridized carbons (Fsp3) is 0.474. The van der Waals surface area contributed by atoms with Crippen LogP contribution < -0.4 is 15.4 Å². The Morgan fingerprint density at radius 3 is 2.73 bits per heavy atom. The van der Waals surface area contributed by atoms with Gasteiger partial charge in [0, 0.05) is 44.2 Å². The van der Waals surface area contributed by atoms with E-state index in [0.717, 1.165) is 18.4 Å². The van der Waals surface area contributed by atoms with Crippen LogP contribution in [-0.2, 0) is 11.3 Å². The molecule has 7 nitrogen and oxygen atoms in total. The molecule has 0 aromatic carbocycles. The van der Waals surface area contributed by atoms with Gasteiger partial charge in [-0.3, -0.25) is 4.79 Å². The molecular formula is C19H25N5O2. The highest BCUT2D eigenvalue weighted by Gasteiger charge is 2.15. The zero-order valence-corrected chi connectivity index (χ0v) is 14.9. The first-order valence-electron chi connectivity index (χ1n) is 9.19. The van der Waals surface area contributed by atoms with Gasteiger partial charge in [-0.25, -0.2) is 15.0 Å². The zero-order chi connectivity index (χ0) is 18.0. The third-order valence-corrected chi connectivity index (χ3v) is 4.33. The minimum Gasteiger partial charge on any atom is -0.474 e. The number of nitrogens with zero attached hydrogens (tertiary/aromatic N) is 3. The van der Waals surface area contributed by atoms with Crippen molar-refractivity contribution in [3.05, 3.63) is 42.4 Å². The average Bonchev–Trinajstić information content (AvgIpc) is 2.68. The van der Waals surface area contributed by atoms with Crippen LogP contribution in [0.5, 0.6) is 5.88 Å². The van der Waals surface area contributed by atoms with Gasteiger partial charge in [-0.1, -0.05) is 6.42 Å². The largest absolute Gasteiger partial charge is 0.474 e. The molecule has 2 N–H and O–H groups in total. The number of amides is 1. The molecule has 0 unspecified atom stereocenters. The van der Waals surface area contributed by atoms with Crippen molar-refractivity contribution in [3.63, 3.8) is 0 Å².